The van der Waals surface area contributed by atoms with Crippen LogP contribution in [0.1, 0.15) is 63.8 Å². The van der Waals surface area contributed by atoms with Crippen molar-refractivity contribution in [3.63, 3.8) is 0 Å². The topological polar surface area (TPSA) is 131 Å². The Morgan fingerprint density at radius 3 is 2.49 bits per heavy atom. The third-order valence-corrected chi connectivity index (χ3v) is 7.59. The smallest absolute Gasteiger partial charge is 0.224 e. The van der Waals surface area contributed by atoms with Crippen LogP contribution in [-0.4, -0.2) is 42.7 Å². The van der Waals surface area contributed by atoms with Gasteiger partial charge < -0.3 is 21.5 Å². The number of fused-ring (bicyclic) bond motifs is 1. The summed E-state index contributed by atoms with van der Waals surface area (Å²) < 4.78 is 31.1. The average molecular weight is 534 g/mol. The number of amides is 1. The zero-order valence-electron chi connectivity index (χ0n) is 20.3. The Morgan fingerprint density at radius 2 is 1.78 bits per heavy atom. The maximum atomic E-state index is 14.6. The van der Waals surface area contributed by atoms with E-state index in [0.29, 0.717) is 49.2 Å². The third-order valence-electron chi connectivity index (χ3n) is 7.37. The van der Waals surface area contributed by atoms with Gasteiger partial charge in [-0.15, -0.1) is 0 Å². The number of aliphatic hydroxyl groups is 1. The lowest BCUT2D eigenvalue weighted by atomic mass is 9.85. The molecule has 0 saturated heterocycles. The number of halogens is 3. The van der Waals surface area contributed by atoms with Crippen LogP contribution in [0, 0.1) is 17.6 Å². The molecule has 2 aliphatic carbocycles. The van der Waals surface area contributed by atoms with E-state index in [9.17, 15) is 18.7 Å². The fraction of sp³-hybridized carbons (Fsp3) is 0.520. The van der Waals surface area contributed by atoms with E-state index in [1.807, 2.05) is 4.57 Å². The van der Waals surface area contributed by atoms with Crippen LogP contribution in [0.2, 0.25) is 5.02 Å². The van der Waals surface area contributed by atoms with E-state index in [2.05, 4.69) is 20.6 Å². The Hall–Kier alpha value is -3.05. The molecule has 2 saturated carbocycles. The first kappa shape index (κ1) is 25.6. The molecule has 0 radical (unpaired) electrons. The molecule has 5 N–H and O–H groups in total. The number of rotatable bonds is 6. The number of hydrogen-bond acceptors (Lipinski definition) is 7. The Balaban J connectivity index is 1.51. The molecule has 3 aromatic rings. The number of nitrogens with one attached hydrogen (secondary N) is 2. The second kappa shape index (κ2) is 10.7. The zero-order valence-corrected chi connectivity index (χ0v) is 21.0. The molecule has 2 aliphatic rings. The molecule has 1 aromatic carbocycles. The number of anilines is 3. The van der Waals surface area contributed by atoms with Gasteiger partial charge in [-0.25, -0.2) is 18.7 Å². The van der Waals surface area contributed by atoms with Gasteiger partial charge in [0.1, 0.15) is 11.2 Å². The fourth-order valence-electron chi connectivity index (χ4n) is 5.43. The molecule has 2 fully saturated rings. The van der Waals surface area contributed by atoms with Gasteiger partial charge in [-0.05, 0) is 57.1 Å². The largest absolute Gasteiger partial charge is 0.393 e. The summed E-state index contributed by atoms with van der Waals surface area (Å²) >= 11 is 5.79. The van der Waals surface area contributed by atoms with Gasteiger partial charge in [0.05, 0.1) is 12.3 Å². The molecule has 5 rings (SSSR count). The molecule has 0 unspecified atom stereocenters. The number of nitrogens with two attached hydrogens (primary N) is 1. The van der Waals surface area contributed by atoms with E-state index < -0.39 is 11.6 Å². The minimum absolute atomic E-state index is 0.0344. The number of primary amides is 1. The van der Waals surface area contributed by atoms with E-state index in [1.54, 1.807) is 6.20 Å². The summed E-state index contributed by atoms with van der Waals surface area (Å²) in [4.78, 5) is 25.4. The number of nitrogens with zero attached hydrogens (tertiary/aromatic N) is 4. The first-order chi connectivity index (χ1) is 17.8. The summed E-state index contributed by atoms with van der Waals surface area (Å²) in [7, 11) is 0. The van der Waals surface area contributed by atoms with Crippen molar-refractivity contribution in [3.8, 4) is 0 Å². The molecule has 37 heavy (non-hydrogen) atoms. The van der Waals surface area contributed by atoms with Crippen molar-refractivity contribution < 1.29 is 18.7 Å². The molecule has 1 amide bonds. The highest BCUT2D eigenvalue weighted by molar-refractivity contribution is 6.30. The van der Waals surface area contributed by atoms with E-state index in [0.717, 1.165) is 37.8 Å². The van der Waals surface area contributed by atoms with Gasteiger partial charge in [-0.2, -0.15) is 4.98 Å². The molecule has 0 aliphatic heterocycles. The molecule has 9 nitrogen and oxygen atoms in total. The van der Waals surface area contributed by atoms with Gasteiger partial charge in [0, 0.05) is 23.0 Å². The lowest BCUT2D eigenvalue weighted by Gasteiger charge is -2.29. The summed E-state index contributed by atoms with van der Waals surface area (Å²) in [6.45, 7) is 0. The van der Waals surface area contributed by atoms with Crippen LogP contribution in [0.25, 0.3) is 11.2 Å². The Kier molecular flexibility index (Phi) is 7.43. The normalized spacial score (nSPS) is 24.5. The first-order valence-electron chi connectivity index (χ1n) is 12.7. The number of aromatic nitrogens is 4. The number of carbonyl (C=O) groups excluding carboxylic acids is 1. The quantitative estimate of drug-likeness (QED) is 0.334. The fourth-order valence-corrected chi connectivity index (χ4v) is 5.63. The van der Waals surface area contributed by atoms with Gasteiger partial charge in [0.25, 0.3) is 0 Å². The monoisotopic (exact) mass is 533 g/mol. The van der Waals surface area contributed by atoms with Crippen molar-refractivity contribution in [1.82, 2.24) is 19.5 Å². The molecule has 2 atom stereocenters. The molecule has 0 bridgehead atoms. The maximum Gasteiger partial charge on any atom is 0.224 e. The second-order valence-corrected chi connectivity index (χ2v) is 10.4. The molecule has 2 aromatic heterocycles. The summed E-state index contributed by atoms with van der Waals surface area (Å²) in [6, 6.07) is 1.97. The average Bonchev–Trinajstić information content (AvgIpc) is 3.07. The Morgan fingerprint density at radius 1 is 1.08 bits per heavy atom. The highest BCUT2D eigenvalue weighted by Gasteiger charge is 2.30. The Labute approximate surface area is 217 Å². The van der Waals surface area contributed by atoms with Crippen LogP contribution in [0.3, 0.4) is 0 Å². The molecular weight excluding hydrogens is 504 g/mol. The van der Waals surface area contributed by atoms with Gasteiger partial charge >= 0.3 is 0 Å². The number of imidazole rings is 1. The minimum atomic E-state index is -0.846. The van der Waals surface area contributed by atoms with Gasteiger partial charge in [0.2, 0.25) is 17.8 Å². The van der Waals surface area contributed by atoms with Crippen LogP contribution in [0.5, 0.6) is 0 Å². The van der Waals surface area contributed by atoms with Gasteiger partial charge in [-0.3, -0.25) is 9.36 Å². The summed E-state index contributed by atoms with van der Waals surface area (Å²) in [5.74, 6) is -1.61. The van der Waals surface area contributed by atoms with E-state index >= 15 is 0 Å². The van der Waals surface area contributed by atoms with Crippen LogP contribution >= 0.6 is 11.6 Å². The summed E-state index contributed by atoms with van der Waals surface area (Å²) in [5.41, 5.74) is 6.11. The van der Waals surface area contributed by atoms with Crippen molar-refractivity contribution in [1.29, 1.82) is 0 Å². The van der Waals surface area contributed by atoms with Crippen molar-refractivity contribution in [2.75, 3.05) is 10.6 Å². The minimum Gasteiger partial charge on any atom is -0.393 e. The lowest BCUT2D eigenvalue weighted by molar-refractivity contribution is -0.122. The first-order valence-corrected chi connectivity index (χ1v) is 13.1. The number of hydrogen-bond donors (Lipinski definition) is 4. The predicted molar refractivity (Wildman–Crippen MR) is 137 cm³/mol. The van der Waals surface area contributed by atoms with E-state index in [1.165, 1.54) is 0 Å². The molecule has 2 heterocycles. The summed E-state index contributed by atoms with van der Waals surface area (Å²) in [6.07, 6.45) is 7.93. The number of carbonyl (C=O) groups is 1. The van der Waals surface area contributed by atoms with Crippen LogP contribution in [-0.2, 0) is 4.79 Å². The number of benzene rings is 1. The summed E-state index contributed by atoms with van der Waals surface area (Å²) in [5, 5.41) is 16.3. The maximum absolute atomic E-state index is 14.6. The van der Waals surface area contributed by atoms with Crippen molar-refractivity contribution >= 4 is 46.3 Å². The molecule has 0 spiro atoms. The van der Waals surface area contributed by atoms with Crippen molar-refractivity contribution in [3.05, 3.63) is 35.0 Å². The standard InChI is InChI=1S/C25H30ClF2N7O2/c26-14-9-18(27)21(19(28)10-14)33-25-32-20-12-30-24(31-15-3-1-2-4-17(36)11-15)34-23(20)35(25)16-7-5-13(6-8-16)22(29)37/h9-10,12-13,15-17,36H,1-8,11H2,(H2,29,37)(H,32,33)(H,30,31,34)/t13-,15-,16+,17+/m1/s1. The molecule has 198 valence electrons. The van der Waals surface area contributed by atoms with Gasteiger partial charge in [0.15, 0.2) is 17.3 Å². The van der Waals surface area contributed by atoms with E-state index in [-0.39, 0.29) is 46.7 Å². The van der Waals surface area contributed by atoms with Crippen molar-refractivity contribution in [2.45, 2.75) is 76.0 Å². The number of aliphatic hydroxyl groups excluding tert-OH is 1. The zero-order chi connectivity index (χ0) is 26.1. The van der Waals surface area contributed by atoms with E-state index in [4.69, 9.17) is 22.3 Å². The van der Waals surface area contributed by atoms with Crippen LogP contribution < -0.4 is 16.4 Å². The highest BCUT2D eigenvalue weighted by Crippen LogP contribution is 2.38. The SMILES string of the molecule is NC(=O)[C@H]1CC[C@@H](n2c(Nc3c(F)cc(Cl)cc3F)nc3cnc(N[C@@H]4CCCC[C@H](O)C4)nc32)CC1. The lowest BCUT2D eigenvalue weighted by Crippen LogP contribution is -2.29. The third kappa shape index (κ3) is 5.62. The van der Waals surface area contributed by atoms with Crippen molar-refractivity contribution in [2.24, 2.45) is 11.7 Å². The van der Waals surface area contributed by atoms with Crippen LogP contribution in [0.4, 0.5) is 26.4 Å². The predicted octanol–water partition coefficient (Wildman–Crippen LogP) is 4.82. The molecular formula is C25H30ClF2N7O2. The second-order valence-electron chi connectivity index (χ2n) is 10.0. The highest BCUT2D eigenvalue weighted by atomic mass is 35.5. The molecule has 12 heteroatoms. The van der Waals surface area contributed by atoms with Gasteiger partial charge in [-0.1, -0.05) is 24.4 Å². The van der Waals surface area contributed by atoms with Crippen LogP contribution in [0.15, 0.2) is 18.3 Å². The Bertz CT molecular complexity index is 1270.